The molecule has 2 amide bonds. The summed E-state index contributed by atoms with van der Waals surface area (Å²) >= 11 is 0. The fourth-order valence-corrected chi connectivity index (χ4v) is 3.67. The third-order valence-corrected chi connectivity index (χ3v) is 5.67. The molecule has 1 saturated heterocycles. The van der Waals surface area contributed by atoms with E-state index in [1.54, 1.807) is 4.90 Å². The van der Waals surface area contributed by atoms with Crippen LogP contribution < -0.4 is 5.32 Å². The van der Waals surface area contributed by atoms with Gasteiger partial charge in [0.1, 0.15) is 0 Å². The fraction of sp³-hybridized carbons (Fsp3) is 0.636. The van der Waals surface area contributed by atoms with Crippen LogP contribution in [0.15, 0.2) is 24.3 Å². The van der Waals surface area contributed by atoms with Gasteiger partial charge in [0.05, 0.1) is 0 Å². The van der Waals surface area contributed by atoms with Crippen molar-refractivity contribution in [2.24, 2.45) is 11.8 Å². The van der Waals surface area contributed by atoms with Crippen LogP contribution >= 0.6 is 12.4 Å². The Bertz CT molecular complexity index is 650. The first-order valence-electron chi connectivity index (χ1n) is 10.3. The summed E-state index contributed by atoms with van der Waals surface area (Å²) in [4.78, 5) is 28.5. The second kappa shape index (κ2) is 10.3. The highest BCUT2D eigenvalue weighted by molar-refractivity contribution is 5.94. The van der Waals surface area contributed by atoms with Crippen LogP contribution in [-0.2, 0) is 11.3 Å². The van der Waals surface area contributed by atoms with Crippen molar-refractivity contribution in [2.45, 2.75) is 52.1 Å². The maximum Gasteiger partial charge on any atom is 0.253 e. The van der Waals surface area contributed by atoms with E-state index in [1.807, 2.05) is 50.1 Å². The summed E-state index contributed by atoms with van der Waals surface area (Å²) < 4.78 is 0. The summed E-state index contributed by atoms with van der Waals surface area (Å²) in [6, 6.07) is 8.26. The second-order valence-electron chi connectivity index (χ2n) is 8.46. The van der Waals surface area contributed by atoms with Gasteiger partial charge in [0, 0.05) is 44.2 Å². The van der Waals surface area contributed by atoms with Gasteiger partial charge in [0.15, 0.2) is 0 Å². The first kappa shape index (κ1) is 22.7. The quantitative estimate of drug-likeness (QED) is 0.754. The van der Waals surface area contributed by atoms with Crippen LogP contribution in [0.4, 0.5) is 0 Å². The fourth-order valence-electron chi connectivity index (χ4n) is 3.67. The molecule has 28 heavy (non-hydrogen) atoms. The lowest BCUT2D eigenvalue weighted by Crippen LogP contribution is -2.45. The number of piperidine rings is 1. The third kappa shape index (κ3) is 6.21. The molecule has 1 aliphatic carbocycles. The average Bonchev–Trinajstić information content (AvgIpc) is 3.50. The normalized spacial score (nSPS) is 17.4. The van der Waals surface area contributed by atoms with Crippen molar-refractivity contribution in [1.82, 2.24) is 15.1 Å². The summed E-state index contributed by atoms with van der Waals surface area (Å²) in [5.74, 6) is 1.15. The van der Waals surface area contributed by atoms with Crippen LogP contribution in [0, 0.1) is 11.8 Å². The molecule has 1 saturated carbocycles. The van der Waals surface area contributed by atoms with E-state index in [9.17, 15) is 9.59 Å². The van der Waals surface area contributed by atoms with E-state index in [4.69, 9.17) is 0 Å². The topological polar surface area (TPSA) is 52.7 Å². The minimum atomic E-state index is -0.00227. The summed E-state index contributed by atoms with van der Waals surface area (Å²) in [6.07, 6.45) is 4.83. The first-order chi connectivity index (χ1) is 12.9. The van der Waals surface area contributed by atoms with E-state index < -0.39 is 0 Å². The molecular weight excluding hydrogens is 374 g/mol. The molecule has 0 bridgehead atoms. The number of amides is 2. The highest BCUT2D eigenvalue weighted by Gasteiger charge is 2.26. The Morgan fingerprint density at radius 1 is 1.11 bits per heavy atom. The number of carbonyl (C=O) groups excluding carboxylic acids is 2. The van der Waals surface area contributed by atoms with Gasteiger partial charge in [-0.2, -0.15) is 0 Å². The van der Waals surface area contributed by atoms with E-state index in [0.29, 0.717) is 12.6 Å². The van der Waals surface area contributed by atoms with Crippen molar-refractivity contribution in [3.63, 3.8) is 0 Å². The number of benzene rings is 1. The molecule has 2 aliphatic rings. The smallest absolute Gasteiger partial charge is 0.253 e. The predicted molar refractivity (Wildman–Crippen MR) is 115 cm³/mol. The molecule has 0 radical (unpaired) electrons. The second-order valence-corrected chi connectivity index (χ2v) is 8.46. The molecule has 1 aliphatic heterocycles. The highest BCUT2D eigenvalue weighted by atomic mass is 35.5. The third-order valence-electron chi connectivity index (χ3n) is 5.67. The van der Waals surface area contributed by atoms with Crippen molar-refractivity contribution >= 4 is 24.2 Å². The van der Waals surface area contributed by atoms with Gasteiger partial charge in [-0.15, -0.1) is 12.4 Å². The first-order valence-corrected chi connectivity index (χ1v) is 10.3. The summed E-state index contributed by atoms with van der Waals surface area (Å²) in [6.45, 7) is 7.19. The molecule has 0 aromatic heterocycles. The largest absolute Gasteiger partial charge is 0.341 e. The molecule has 1 aromatic carbocycles. The van der Waals surface area contributed by atoms with Crippen molar-refractivity contribution in [1.29, 1.82) is 0 Å². The van der Waals surface area contributed by atoms with Crippen LogP contribution in [0.2, 0.25) is 0 Å². The molecule has 1 aromatic rings. The molecule has 1 N–H and O–H groups in total. The van der Waals surface area contributed by atoms with Gasteiger partial charge in [-0.25, -0.2) is 0 Å². The van der Waals surface area contributed by atoms with Gasteiger partial charge in [-0.1, -0.05) is 26.0 Å². The molecule has 156 valence electrons. The van der Waals surface area contributed by atoms with Crippen LogP contribution in [0.25, 0.3) is 0 Å². The number of likely N-dealkylation sites (tertiary alicyclic amines) is 1. The van der Waals surface area contributed by atoms with E-state index >= 15 is 0 Å². The number of carbonyl (C=O) groups is 2. The number of rotatable bonds is 7. The molecule has 0 spiro atoms. The number of hydrogen-bond donors (Lipinski definition) is 1. The maximum absolute atomic E-state index is 12.8. The lowest BCUT2D eigenvalue weighted by molar-refractivity contribution is -0.133. The Morgan fingerprint density at radius 3 is 2.25 bits per heavy atom. The van der Waals surface area contributed by atoms with Gasteiger partial charge in [-0.3, -0.25) is 9.59 Å². The summed E-state index contributed by atoms with van der Waals surface area (Å²) in [7, 11) is 1.82. The van der Waals surface area contributed by atoms with Crippen molar-refractivity contribution < 1.29 is 9.59 Å². The SMILES string of the molecule is CC(C)C(=O)N(C)Cc1ccc(C(=O)N2CCC(NCC3CC3)CC2)cc1.Cl. The van der Waals surface area contributed by atoms with Gasteiger partial charge in [0.2, 0.25) is 5.91 Å². The molecular formula is C22H34ClN3O2. The lowest BCUT2D eigenvalue weighted by Gasteiger charge is -2.32. The standard InChI is InChI=1S/C22H33N3O2.ClH/c1-16(2)21(26)24(3)15-18-6-8-19(9-7-18)22(27)25-12-10-20(11-13-25)23-14-17-4-5-17;/h6-9,16-17,20,23H,4-5,10-15H2,1-3H3;1H. The average molecular weight is 408 g/mol. The zero-order chi connectivity index (χ0) is 19.4. The van der Waals surface area contributed by atoms with E-state index in [0.717, 1.165) is 49.5 Å². The number of halogens is 1. The maximum atomic E-state index is 12.8. The van der Waals surface area contributed by atoms with E-state index in [-0.39, 0.29) is 30.1 Å². The number of nitrogens with zero attached hydrogens (tertiary/aromatic N) is 2. The van der Waals surface area contributed by atoms with E-state index in [2.05, 4.69) is 5.32 Å². The summed E-state index contributed by atoms with van der Waals surface area (Å²) in [5.41, 5.74) is 1.78. The Hall–Kier alpha value is -1.59. The highest BCUT2D eigenvalue weighted by Crippen LogP contribution is 2.28. The van der Waals surface area contributed by atoms with Crippen molar-refractivity contribution in [3.05, 3.63) is 35.4 Å². The Kier molecular flexibility index (Phi) is 8.32. The lowest BCUT2D eigenvalue weighted by atomic mass is 10.0. The van der Waals surface area contributed by atoms with Gasteiger partial charge in [0.25, 0.3) is 5.91 Å². The molecule has 0 atom stereocenters. The molecule has 3 rings (SSSR count). The van der Waals surface area contributed by atoms with Gasteiger partial charge < -0.3 is 15.1 Å². The Balaban J connectivity index is 0.00000280. The number of hydrogen-bond acceptors (Lipinski definition) is 3. The van der Waals surface area contributed by atoms with Crippen molar-refractivity contribution in [3.8, 4) is 0 Å². The van der Waals surface area contributed by atoms with Crippen LogP contribution in [0.1, 0.15) is 55.5 Å². The summed E-state index contributed by atoms with van der Waals surface area (Å²) in [5, 5.41) is 3.66. The molecule has 0 unspecified atom stereocenters. The van der Waals surface area contributed by atoms with Crippen LogP contribution in [-0.4, -0.2) is 54.3 Å². The minimum absolute atomic E-state index is 0. The monoisotopic (exact) mass is 407 g/mol. The van der Waals surface area contributed by atoms with Crippen LogP contribution in [0.5, 0.6) is 0 Å². The molecule has 6 heteroatoms. The van der Waals surface area contributed by atoms with Gasteiger partial charge in [-0.05, 0) is 55.8 Å². The molecule has 2 fully saturated rings. The van der Waals surface area contributed by atoms with Crippen molar-refractivity contribution in [2.75, 3.05) is 26.7 Å². The molecule has 5 nitrogen and oxygen atoms in total. The van der Waals surface area contributed by atoms with Gasteiger partial charge >= 0.3 is 0 Å². The zero-order valence-corrected chi connectivity index (χ0v) is 18.1. The van der Waals surface area contributed by atoms with Crippen LogP contribution in [0.3, 0.4) is 0 Å². The molecule has 1 heterocycles. The predicted octanol–water partition coefficient (Wildman–Crippen LogP) is 3.33. The zero-order valence-electron chi connectivity index (χ0n) is 17.3. The van der Waals surface area contributed by atoms with E-state index in [1.165, 1.54) is 12.8 Å². The Labute approximate surface area is 175 Å². The Morgan fingerprint density at radius 2 is 1.71 bits per heavy atom. The minimum Gasteiger partial charge on any atom is -0.341 e. The number of nitrogens with one attached hydrogen (secondary N) is 1.